The molecule has 0 saturated heterocycles. The largest absolute Gasteiger partial charge is 0.497 e. The minimum atomic E-state index is -0.268. The van der Waals surface area contributed by atoms with Crippen molar-refractivity contribution < 1.29 is 9.53 Å². The number of hydrogen-bond donors (Lipinski definition) is 1. The van der Waals surface area contributed by atoms with Crippen molar-refractivity contribution in [1.29, 1.82) is 0 Å². The number of aryl methyl sites for hydroxylation is 2. The van der Waals surface area contributed by atoms with Crippen molar-refractivity contribution >= 4 is 29.0 Å². The summed E-state index contributed by atoms with van der Waals surface area (Å²) in [5.74, 6) is 0.904. The molecule has 1 aromatic carbocycles. The molecule has 0 saturated carbocycles. The number of nitrogens with one attached hydrogen (secondary N) is 1. The summed E-state index contributed by atoms with van der Waals surface area (Å²) in [7, 11) is 1.62. The monoisotopic (exact) mass is 466 g/mol. The van der Waals surface area contributed by atoms with E-state index >= 15 is 0 Å². The minimum Gasteiger partial charge on any atom is -0.497 e. The first-order chi connectivity index (χ1) is 15.5. The highest BCUT2D eigenvalue weighted by Crippen LogP contribution is 2.24. The molecule has 3 heterocycles. The van der Waals surface area contributed by atoms with Crippen LogP contribution in [0.3, 0.4) is 0 Å². The lowest BCUT2D eigenvalue weighted by molar-refractivity contribution is 0.0945. The van der Waals surface area contributed by atoms with Gasteiger partial charge in [0.25, 0.3) is 5.91 Å². The van der Waals surface area contributed by atoms with Crippen LogP contribution >= 0.6 is 23.1 Å². The second kappa shape index (κ2) is 9.92. The molecule has 0 spiro atoms. The molecule has 0 unspecified atom stereocenters. The number of benzene rings is 1. The van der Waals surface area contributed by atoms with Gasteiger partial charge in [-0.05, 0) is 55.6 Å². The standard InChI is InChI=1S/C22H22N6O2S2/c1-14-11-15(2)25-22(24-14)32-13-19-20(21(29)23-12-18-5-4-10-31-18)26-27-28(19)16-6-8-17(30-3)9-7-16/h4-11H,12-13H2,1-3H3,(H,23,29). The van der Waals surface area contributed by atoms with Gasteiger partial charge in [-0.25, -0.2) is 14.6 Å². The summed E-state index contributed by atoms with van der Waals surface area (Å²) in [6, 6.07) is 13.3. The highest BCUT2D eigenvalue weighted by Gasteiger charge is 2.21. The zero-order valence-electron chi connectivity index (χ0n) is 17.9. The predicted octanol–water partition coefficient (Wildman–Crippen LogP) is 3.97. The number of carbonyl (C=O) groups is 1. The molecule has 4 rings (SSSR count). The van der Waals surface area contributed by atoms with E-state index in [0.29, 0.717) is 23.1 Å². The Kier molecular flexibility index (Phi) is 6.81. The molecule has 32 heavy (non-hydrogen) atoms. The van der Waals surface area contributed by atoms with Crippen LogP contribution in [-0.2, 0) is 12.3 Å². The summed E-state index contributed by atoms with van der Waals surface area (Å²) in [6.45, 7) is 4.31. The molecule has 10 heteroatoms. The minimum absolute atomic E-state index is 0.268. The Morgan fingerprint density at radius 1 is 1.16 bits per heavy atom. The van der Waals surface area contributed by atoms with E-state index in [9.17, 15) is 4.79 Å². The molecule has 1 N–H and O–H groups in total. The molecule has 0 bridgehead atoms. The Bertz CT molecular complexity index is 1190. The summed E-state index contributed by atoms with van der Waals surface area (Å²) in [6.07, 6.45) is 0. The first-order valence-electron chi connectivity index (χ1n) is 9.88. The van der Waals surface area contributed by atoms with Crippen molar-refractivity contribution in [3.05, 3.63) is 75.5 Å². The van der Waals surface area contributed by atoms with Crippen molar-refractivity contribution in [2.45, 2.75) is 31.3 Å². The fraction of sp³-hybridized carbons (Fsp3) is 0.227. The van der Waals surface area contributed by atoms with Crippen molar-refractivity contribution in [3.63, 3.8) is 0 Å². The average molecular weight is 467 g/mol. The van der Waals surface area contributed by atoms with Gasteiger partial charge in [-0.3, -0.25) is 4.79 Å². The number of thioether (sulfide) groups is 1. The summed E-state index contributed by atoms with van der Waals surface area (Å²) in [5.41, 5.74) is 3.54. The van der Waals surface area contributed by atoms with Crippen LogP contribution in [-0.4, -0.2) is 38.0 Å². The van der Waals surface area contributed by atoms with Crippen LogP contribution in [0.4, 0.5) is 0 Å². The molecule has 0 atom stereocenters. The first-order valence-corrected chi connectivity index (χ1v) is 11.7. The molecule has 164 valence electrons. The SMILES string of the molecule is COc1ccc(-n2nnc(C(=O)NCc3cccs3)c2CSc2nc(C)cc(C)n2)cc1. The third-order valence-electron chi connectivity index (χ3n) is 4.60. The molecule has 4 aromatic rings. The molecule has 0 aliphatic rings. The van der Waals surface area contributed by atoms with Crippen LogP contribution in [0.15, 0.2) is 53.0 Å². The molecule has 8 nitrogen and oxygen atoms in total. The highest BCUT2D eigenvalue weighted by atomic mass is 32.2. The summed E-state index contributed by atoms with van der Waals surface area (Å²) in [5, 5.41) is 14.0. The van der Waals surface area contributed by atoms with Crippen LogP contribution in [0.5, 0.6) is 5.75 Å². The third kappa shape index (κ3) is 5.14. The summed E-state index contributed by atoms with van der Waals surface area (Å²) < 4.78 is 6.92. The van der Waals surface area contributed by atoms with Crippen molar-refractivity contribution in [2.75, 3.05) is 7.11 Å². The zero-order chi connectivity index (χ0) is 22.5. The molecular weight excluding hydrogens is 444 g/mol. The van der Waals surface area contributed by atoms with Crippen LogP contribution in [0.25, 0.3) is 5.69 Å². The maximum absolute atomic E-state index is 12.9. The fourth-order valence-corrected chi connectivity index (χ4v) is 4.68. The molecule has 0 aliphatic heterocycles. The maximum atomic E-state index is 12.9. The summed E-state index contributed by atoms with van der Waals surface area (Å²) >= 11 is 3.04. The van der Waals surface area contributed by atoms with E-state index in [4.69, 9.17) is 4.74 Å². The van der Waals surface area contributed by atoms with E-state index in [1.807, 2.05) is 61.7 Å². The number of aromatic nitrogens is 5. The lowest BCUT2D eigenvalue weighted by Gasteiger charge is -2.09. The molecule has 0 radical (unpaired) electrons. The second-order valence-corrected chi connectivity index (χ2v) is 8.95. The lowest BCUT2D eigenvalue weighted by Crippen LogP contribution is -2.24. The van der Waals surface area contributed by atoms with E-state index < -0.39 is 0 Å². The number of ether oxygens (including phenoxy) is 1. The number of nitrogens with zero attached hydrogens (tertiary/aromatic N) is 5. The Hall–Kier alpha value is -3.24. The van der Waals surface area contributed by atoms with Crippen LogP contribution in [0.2, 0.25) is 0 Å². The zero-order valence-corrected chi connectivity index (χ0v) is 19.5. The lowest BCUT2D eigenvalue weighted by atomic mass is 10.2. The number of rotatable bonds is 8. The molecule has 0 fully saturated rings. The van der Waals surface area contributed by atoms with Crippen LogP contribution in [0.1, 0.15) is 32.4 Å². The van der Waals surface area contributed by atoms with Gasteiger partial charge in [0.05, 0.1) is 25.0 Å². The predicted molar refractivity (Wildman–Crippen MR) is 124 cm³/mol. The number of methoxy groups -OCH3 is 1. The Morgan fingerprint density at radius 2 is 1.91 bits per heavy atom. The van der Waals surface area contributed by atoms with E-state index in [1.165, 1.54) is 11.8 Å². The van der Waals surface area contributed by atoms with E-state index in [2.05, 4.69) is 25.6 Å². The van der Waals surface area contributed by atoms with Gasteiger partial charge in [0.2, 0.25) is 0 Å². The average Bonchev–Trinajstić information content (AvgIpc) is 3.45. The van der Waals surface area contributed by atoms with Gasteiger partial charge in [-0.15, -0.1) is 16.4 Å². The van der Waals surface area contributed by atoms with Gasteiger partial charge in [0.1, 0.15) is 5.75 Å². The van der Waals surface area contributed by atoms with E-state index in [1.54, 1.807) is 23.1 Å². The number of amides is 1. The van der Waals surface area contributed by atoms with Crippen molar-refractivity contribution in [1.82, 2.24) is 30.3 Å². The Morgan fingerprint density at radius 3 is 2.56 bits per heavy atom. The van der Waals surface area contributed by atoms with Gasteiger partial charge < -0.3 is 10.1 Å². The van der Waals surface area contributed by atoms with Crippen LogP contribution in [0, 0.1) is 13.8 Å². The van der Waals surface area contributed by atoms with Gasteiger partial charge in [-0.2, -0.15) is 0 Å². The van der Waals surface area contributed by atoms with Gasteiger partial charge in [-0.1, -0.05) is 23.0 Å². The van der Waals surface area contributed by atoms with E-state index in [0.717, 1.165) is 27.7 Å². The summed E-state index contributed by atoms with van der Waals surface area (Å²) in [4.78, 5) is 23.0. The van der Waals surface area contributed by atoms with Gasteiger partial charge >= 0.3 is 0 Å². The van der Waals surface area contributed by atoms with Crippen LogP contribution < -0.4 is 10.1 Å². The quantitative estimate of drug-likeness (QED) is 0.310. The maximum Gasteiger partial charge on any atom is 0.274 e. The number of carbonyl (C=O) groups excluding carboxylic acids is 1. The molecule has 1 amide bonds. The van der Waals surface area contributed by atoms with Gasteiger partial charge in [0, 0.05) is 22.0 Å². The van der Waals surface area contributed by atoms with Crippen molar-refractivity contribution in [3.8, 4) is 11.4 Å². The van der Waals surface area contributed by atoms with Crippen molar-refractivity contribution in [2.24, 2.45) is 0 Å². The fourth-order valence-electron chi connectivity index (χ4n) is 3.09. The topological polar surface area (TPSA) is 94.8 Å². The highest BCUT2D eigenvalue weighted by molar-refractivity contribution is 7.98. The number of thiophene rings is 1. The third-order valence-corrected chi connectivity index (χ3v) is 6.33. The normalized spacial score (nSPS) is 10.8. The molecule has 0 aliphatic carbocycles. The first kappa shape index (κ1) is 22.0. The smallest absolute Gasteiger partial charge is 0.274 e. The molecule has 3 aromatic heterocycles. The van der Waals surface area contributed by atoms with E-state index in [-0.39, 0.29) is 11.6 Å². The molecular formula is C22H22N6O2S2. The second-order valence-electron chi connectivity index (χ2n) is 6.98. The number of hydrogen-bond acceptors (Lipinski definition) is 8. The van der Waals surface area contributed by atoms with Gasteiger partial charge in [0.15, 0.2) is 10.9 Å². The Balaban J connectivity index is 1.62. The Labute approximate surface area is 194 Å².